The fourth-order valence-electron chi connectivity index (χ4n) is 3.52. The highest BCUT2D eigenvalue weighted by Gasteiger charge is 2.24. The second-order valence-electron chi connectivity index (χ2n) is 8.31. The molecular formula is C21H37N3O3. The van der Waals surface area contributed by atoms with Gasteiger partial charge in [-0.3, -0.25) is 19.5 Å². The number of esters is 1. The van der Waals surface area contributed by atoms with E-state index in [2.05, 4.69) is 36.0 Å². The second kappa shape index (κ2) is 10.6. The minimum Gasteiger partial charge on any atom is -0.465 e. The fraction of sp³-hybridized carbons (Fsp3) is 0.762. The molecule has 1 aliphatic heterocycles. The van der Waals surface area contributed by atoms with E-state index < -0.39 is 0 Å². The minimum atomic E-state index is -0.160. The van der Waals surface area contributed by atoms with Crippen molar-refractivity contribution in [3.8, 4) is 0 Å². The van der Waals surface area contributed by atoms with Crippen LogP contribution in [0.1, 0.15) is 54.4 Å². The van der Waals surface area contributed by atoms with Crippen LogP contribution >= 0.6 is 0 Å². The molecule has 0 unspecified atom stereocenters. The van der Waals surface area contributed by atoms with Crippen molar-refractivity contribution in [3.05, 3.63) is 11.1 Å². The van der Waals surface area contributed by atoms with Crippen LogP contribution in [0.5, 0.6) is 0 Å². The molecule has 0 aliphatic carbocycles. The van der Waals surface area contributed by atoms with Gasteiger partial charge in [0.05, 0.1) is 13.2 Å². The van der Waals surface area contributed by atoms with Gasteiger partial charge in [-0.25, -0.2) is 0 Å². The Bertz CT molecular complexity index is 580. The maximum Gasteiger partial charge on any atom is 0.320 e. The normalized spacial score (nSPS) is 18.1. The number of nitrogens with one attached hydrogen (secondary N) is 1. The summed E-state index contributed by atoms with van der Waals surface area (Å²) < 4.78 is 5.00. The Morgan fingerprint density at radius 3 is 2.22 bits per heavy atom. The van der Waals surface area contributed by atoms with Crippen molar-refractivity contribution in [1.29, 1.82) is 0 Å². The number of piperidine rings is 1. The molecule has 1 rings (SSSR count). The Labute approximate surface area is 164 Å². The van der Waals surface area contributed by atoms with Crippen LogP contribution in [0.4, 0.5) is 0 Å². The molecule has 0 aromatic carbocycles. The lowest BCUT2D eigenvalue weighted by Crippen LogP contribution is -2.41. The summed E-state index contributed by atoms with van der Waals surface area (Å²) in [4.78, 5) is 30.6. The zero-order valence-electron chi connectivity index (χ0n) is 18.1. The zero-order chi connectivity index (χ0) is 20.6. The predicted molar refractivity (Wildman–Crippen MR) is 110 cm³/mol. The van der Waals surface area contributed by atoms with Crippen LogP contribution in [-0.4, -0.2) is 62.3 Å². The average Bonchev–Trinajstić information content (AvgIpc) is 2.59. The first kappa shape index (κ1) is 23.3. The van der Waals surface area contributed by atoms with Crippen molar-refractivity contribution in [1.82, 2.24) is 10.2 Å². The molecule has 0 saturated carbocycles. The summed E-state index contributed by atoms with van der Waals surface area (Å²) in [6.45, 7) is 15.2. The maximum atomic E-state index is 12.6. The quantitative estimate of drug-likeness (QED) is 0.419. The first-order valence-electron chi connectivity index (χ1n) is 9.91. The topological polar surface area (TPSA) is 71.0 Å². The van der Waals surface area contributed by atoms with Crippen molar-refractivity contribution in [2.75, 3.05) is 39.8 Å². The number of rotatable bonds is 7. The van der Waals surface area contributed by atoms with Gasteiger partial charge in [-0.15, -0.1) is 0 Å². The van der Waals surface area contributed by atoms with Crippen LogP contribution < -0.4 is 5.32 Å². The third kappa shape index (κ3) is 7.45. The second-order valence-corrected chi connectivity index (χ2v) is 8.31. The molecule has 1 heterocycles. The van der Waals surface area contributed by atoms with E-state index in [4.69, 9.17) is 4.74 Å². The predicted octanol–water partition coefficient (Wildman–Crippen LogP) is 2.83. The molecule has 0 aromatic heterocycles. The number of hydrogen-bond acceptors (Lipinski definition) is 5. The van der Waals surface area contributed by atoms with Crippen molar-refractivity contribution >= 4 is 17.6 Å². The molecule has 0 spiro atoms. The van der Waals surface area contributed by atoms with Gasteiger partial charge in [-0.1, -0.05) is 20.8 Å². The highest BCUT2D eigenvalue weighted by Crippen LogP contribution is 2.23. The monoisotopic (exact) mass is 379 g/mol. The van der Waals surface area contributed by atoms with Gasteiger partial charge in [0.25, 0.3) is 0 Å². The summed E-state index contributed by atoms with van der Waals surface area (Å²) in [7, 11) is 1.78. The molecule has 0 atom stereocenters. The van der Waals surface area contributed by atoms with E-state index in [-0.39, 0.29) is 17.3 Å². The first-order valence-corrected chi connectivity index (χ1v) is 9.91. The van der Waals surface area contributed by atoms with E-state index >= 15 is 0 Å². The lowest BCUT2D eigenvalue weighted by Gasteiger charge is -2.31. The fourth-order valence-corrected chi connectivity index (χ4v) is 3.52. The highest BCUT2D eigenvalue weighted by atomic mass is 16.5. The average molecular weight is 380 g/mol. The van der Waals surface area contributed by atoms with E-state index in [1.54, 1.807) is 7.05 Å². The Kier molecular flexibility index (Phi) is 9.16. The summed E-state index contributed by atoms with van der Waals surface area (Å²) in [5.74, 6) is 0.266. The number of allylic oxidation sites excluding steroid dienone is 1. The Morgan fingerprint density at radius 1 is 1.15 bits per heavy atom. The number of amides is 1. The number of hydrogen-bond donors (Lipinski definition) is 1. The summed E-state index contributed by atoms with van der Waals surface area (Å²) in [6, 6.07) is 0. The van der Waals surface area contributed by atoms with E-state index in [0.29, 0.717) is 25.6 Å². The van der Waals surface area contributed by atoms with Gasteiger partial charge < -0.3 is 10.1 Å². The van der Waals surface area contributed by atoms with E-state index in [0.717, 1.165) is 42.8 Å². The molecule has 1 aliphatic rings. The van der Waals surface area contributed by atoms with Crippen molar-refractivity contribution in [3.63, 3.8) is 0 Å². The van der Waals surface area contributed by atoms with Crippen molar-refractivity contribution < 1.29 is 14.3 Å². The smallest absolute Gasteiger partial charge is 0.320 e. The standard InChI is InChI=1S/C21H37N3O3/c1-8-27-18(25)14-24-11-9-17(10-12-24)13-23-20(26)16(3)15(2)19(22-7)21(4,5)6/h17H,8-14H2,1-7H3,(H,23,26)/b16-15+,22-19?. The first-order chi connectivity index (χ1) is 12.6. The molecule has 1 N–H and O–H groups in total. The van der Waals surface area contributed by atoms with Crippen LogP contribution in [0, 0.1) is 11.3 Å². The lowest BCUT2D eigenvalue weighted by atomic mass is 9.84. The highest BCUT2D eigenvalue weighted by molar-refractivity contribution is 6.09. The molecule has 6 nitrogen and oxygen atoms in total. The molecule has 1 saturated heterocycles. The molecule has 27 heavy (non-hydrogen) atoms. The molecular weight excluding hydrogens is 342 g/mol. The van der Waals surface area contributed by atoms with Crippen molar-refractivity contribution in [2.45, 2.75) is 54.4 Å². The number of nitrogens with zero attached hydrogens (tertiary/aromatic N) is 2. The van der Waals surface area contributed by atoms with Gasteiger partial charge in [0.1, 0.15) is 0 Å². The van der Waals surface area contributed by atoms with Crippen LogP contribution in [0.15, 0.2) is 16.1 Å². The largest absolute Gasteiger partial charge is 0.465 e. The summed E-state index contributed by atoms with van der Waals surface area (Å²) in [5.41, 5.74) is 2.55. The van der Waals surface area contributed by atoms with Gasteiger partial charge in [0, 0.05) is 30.3 Å². The number of carbonyl (C=O) groups excluding carboxylic acids is 2. The Morgan fingerprint density at radius 2 is 1.74 bits per heavy atom. The van der Waals surface area contributed by atoms with Gasteiger partial charge in [0.2, 0.25) is 5.91 Å². The third-order valence-corrected chi connectivity index (χ3v) is 5.11. The van der Waals surface area contributed by atoms with Crippen LogP contribution in [-0.2, 0) is 14.3 Å². The van der Waals surface area contributed by atoms with E-state index in [1.807, 2.05) is 20.8 Å². The lowest BCUT2D eigenvalue weighted by molar-refractivity contribution is -0.144. The molecule has 1 amide bonds. The van der Waals surface area contributed by atoms with Gasteiger partial charge >= 0.3 is 5.97 Å². The van der Waals surface area contributed by atoms with Crippen LogP contribution in [0.2, 0.25) is 0 Å². The number of ether oxygens (including phenoxy) is 1. The minimum absolute atomic E-state index is 0.0214. The maximum absolute atomic E-state index is 12.6. The summed E-state index contributed by atoms with van der Waals surface area (Å²) in [6.07, 6.45) is 1.95. The molecule has 0 bridgehead atoms. The summed E-state index contributed by atoms with van der Waals surface area (Å²) in [5, 5.41) is 3.08. The van der Waals surface area contributed by atoms with E-state index in [1.165, 1.54) is 0 Å². The molecule has 6 heteroatoms. The van der Waals surface area contributed by atoms with Crippen LogP contribution in [0.25, 0.3) is 0 Å². The van der Waals surface area contributed by atoms with E-state index in [9.17, 15) is 9.59 Å². The Balaban J connectivity index is 2.51. The number of carbonyl (C=O) groups is 2. The molecule has 1 fully saturated rings. The number of aliphatic imine (C=N–C) groups is 1. The number of likely N-dealkylation sites (tertiary alicyclic amines) is 1. The zero-order valence-corrected chi connectivity index (χ0v) is 18.1. The van der Waals surface area contributed by atoms with Crippen molar-refractivity contribution in [2.24, 2.45) is 16.3 Å². The SMILES string of the molecule is CCOC(=O)CN1CCC(CNC(=O)/C(C)=C(\C)C(=NC)C(C)(C)C)CC1. The van der Waals surface area contributed by atoms with Gasteiger partial charge in [0.15, 0.2) is 0 Å². The third-order valence-electron chi connectivity index (χ3n) is 5.11. The van der Waals surface area contributed by atoms with Gasteiger partial charge in [-0.2, -0.15) is 0 Å². The molecule has 0 aromatic rings. The van der Waals surface area contributed by atoms with Gasteiger partial charge in [-0.05, 0) is 58.2 Å². The molecule has 0 radical (unpaired) electrons. The Hall–Kier alpha value is -1.69. The van der Waals surface area contributed by atoms with Crippen LogP contribution in [0.3, 0.4) is 0 Å². The summed E-state index contributed by atoms with van der Waals surface area (Å²) >= 11 is 0. The molecule has 154 valence electrons.